The van der Waals surface area contributed by atoms with E-state index in [1.165, 1.54) is 11.3 Å². The zero-order valence-electron chi connectivity index (χ0n) is 11.5. The summed E-state index contributed by atoms with van der Waals surface area (Å²) in [7, 11) is 0. The van der Waals surface area contributed by atoms with E-state index in [1.54, 1.807) is 0 Å². The van der Waals surface area contributed by atoms with Crippen LogP contribution in [-0.2, 0) is 17.7 Å². The Morgan fingerprint density at radius 2 is 2.26 bits per heavy atom. The molecule has 4 nitrogen and oxygen atoms in total. The van der Waals surface area contributed by atoms with Crippen LogP contribution in [0, 0.1) is 0 Å². The lowest BCUT2D eigenvalue weighted by atomic mass is 9.95. The summed E-state index contributed by atoms with van der Waals surface area (Å²) in [5.74, 6) is 0.500. The topological polar surface area (TPSA) is 45.6 Å². The number of aromatic nitrogens is 1. The maximum atomic E-state index is 9.40. The van der Waals surface area contributed by atoms with Crippen LogP contribution < -0.4 is 0 Å². The van der Waals surface area contributed by atoms with Gasteiger partial charge in [0.15, 0.2) is 0 Å². The molecule has 104 valence electrons. The third-order valence-electron chi connectivity index (χ3n) is 4.11. The molecule has 1 aromatic heterocycles. The first-order valence-electron chi connectivity index (χ1n) is 7.23. The fourth-order valence-corrected chi connectivity index (χ4v) is 2.92. The number of hydrogen-bond donors (Lipinski definition) is 1. The molecule has 2 fully saturated rings. The van der Waals surface area contributed by atoms with Gasteiger partial charge in [0.25, 0.3) is 0 Å². The highest BCUT2D eigenvalue weighted by Crippen LogP contribution is 2.29. The molecule has 3 rings (SSSR count). The Kier molecular flexibility index (Phi) is 3.82. The van der Waals surface area contributed by atoms with Crippen LogP contribution in [-0.4, -0.2) is 47.4 Å². The van der Waals surface area contributed by atoms with Crippen molar-refractivity contribution < 1.29 is 9.84 Å². The predicted octanol–water partition coefficient (Wildman–Crippen LogP) is 1.32. The number of pyridine rings is 1. The lowest BCUT2D eigenvalue weighted by molar-refractivity contribution is -0.00378. The molecular formula is C15H22N2O2. The Labute approximate surface area is 114 Å². The Balaban J connectivity index is 1.80. The minimum absolute atomic E-state index is 0.146. The second-order valence-electron chi connectivity index (χ2n) is 5.60. The van der Waals surface area contributed by atoms with Crippen LogP contribution >= 0.6 is 0 Å². The van der Waals surface area contributed by atoms with Gasteiger partial charge >= 0.3 is 0 Å². The highest BCUT2D eigenvalue weighted by atomic mass is 16.5. The number of aryl methyl sites for hydroxylation is 1. The van der Waals surface area contributed by atoms with Gasteiger partial charge in [-0.2, -0.15) is 0 Å². The fraction of sp³-hybridized carbons (Fsp3) is 0.667. The summed E-state index contributed by atoms with van der Waals surface area (Å²) in [6.45, 7) is 6.23. The summed E-state index contributed by atoms with van der Waals surface area (Å²) in [6, 6.07) is 4.37. The van der Waals surface area contributed by atoms with E-state index in [9.17, 15) is 5.11 Å². The van der Waals surface area contributed by atoms with Crippen molar-refractivity contribution in [2.75, 3.05) is 26.3 Å². The maximum Gasteiger partial charge on any atom is 0.0794 e. The number of rotatable bonds is 4. The summed E-state index contributed by atoms with van der Waals surface area (Å²) in [5.41, 5.74) is 3.68. The number of aliphatic hydroxyl groups is 1. The third kappa shape index (κ3) is 2.81. The van der Waals surface area contributed by atoms with Gasteiger partial charge in [-0.3, -0.25) is 9.88 Å². The van der Waals surface area contributed by atoms with Crippen molar-refractivity contribution in [2.24, 2.45) is 0 Å². The molecule has 19 heavy (non-hydrogen) atoms. The van der Waals surface area contributed by atoms with Crippen molar-refractivity contribution >= 4 is 0 Å². The van der Waals surface area contributed by atoms with Crippen LogP contribution in [0.1, 0.15) is 36.2 Å². The minimum Gasteiger partial charge on any atom is -0.390 e. The van der Waals surface area contributed by atoms with Crippen LogP contribution in [0.4, 0.5) is 0 Å². The predicted molar refractivity (Wildman–Crippen MR) is 73.1 cm³/mol. The summed E-state index contributed by atoms with van der Waals surface area (Å²) in [6.07, 6.45) is 1.92. The maximum absolute atomic E-state index is 9.40. The van der Waals surface area contributed by atoms with Gasteiger partial charge in [0.2, 0.25) is 0 Å². The summed E-state index contributed by atoms with van der Waals surface area (Å²) in [4.78, 5) is 7.06. The molecule has 2 aliphatic heterocycles. The first-order chi connectivity index (χ1) is 9.26. The van der Waals surface area contributed by atoms with Gasteiger partial charge in [-0.05, 0) is 24.5 Å². The van der Waals surface area contributed by atoms with Gasteiger partial charge in [-0.1, -0.05) is 13.0 Å². The van der Waals surface area contributed by atoms with Gasteiger partial charge < -0.3 is 9.84 Å². The number of likely N-dealkylation sites (tertiary alicyclic amines) is 1. The molecule has 0 unspecified atom stereocenters. The van der Waals surface area contributed by atoms with Gasteiger partial charge in [0, 0.05) is 37.9 Å². The normalized spacial score (nSPS) is 24.6. The molecule has 1 aromatic rings. The van der Waals surface area contributed by atoms with Crippen LogP contribution in [0.5, 0.6) is 0 Å². The number of β-amino-alcohol motifs (C(OH)–C–C–N with tert-alkyl or cyclic N) is 1. The molecule has 0 saturated carbocycles. The molecule has 0 aromatic carbocycles. The first kappa shape index (κ1) is 13.0. The molecule has 0 spiro atoms. The van der Waals surface area contributed by atoms with Crippen molar-refractivity contribution in [3.05, 3.63) is 29.1 Å². The fourth-order valence-electron chi connectivity index (χ4n) is 2.92. The Morgan fingerprint density at radius 1 is 1.42 bits per heavy atom. The second-order valence-corrected chi connectivity index (χ2v) is 5.60. The molecule has 3 heterocycles. The van der Waals surface area contributed by atoms with E-state index >= 15 is 0 Å². The molecule has 0 amide bonds. The SMILES string of the molecule is CCc1ccc([C@@H]2CCOC2)c(CN2CC(O)C2)n1. The van der Waals surface area contributed by atoms with Crippen LogP contribution in [0.2, 0.25) is 0 Å². The Morgan fingerprint density at radius 3 is 2.89 bits per heavy atom. The van der Waals surface area contributed by atoms with Crippen molar-refractivity contribution in [2.45, 2.75) is 38.3 Å². The number of aliphatic hydroxyl groups excluding tert-OH is 1. The molecular weight excluding hydrogens is 240 g/mol. The number of hydrogen-bond acceptors (Lipinski definition) is 4. The van der Waals surface area contributed by atoms with Gasteiger partial charge in [-0.15, -0.1) is 0 Å². The van der Waals surface area contributed by atoms with Crippen molar-refractivity contribution in [3.63, 3.8) is 0 Å². The monoisotopic (exact) mass is 262 g/mol. The van der Waals surface area contributed by atoms with Crippen molar-refractivity contribution in [3.8, 4) is 0 Å². The lowest BCUT2D eigenvalue weighted by Crippen LogP contribution is -2.50. The molecule has 0 aliphatic carbocycles. The molecule has 2 saturated heterocycles. The zero-order valence-corrected chi connectivity index (χ0v) is 11.5. The van der Waals surface area contributed by atoms with Crippen molar-refractivity contribution in [1.82, 2.24) is 9.88 Å². The minimum atomic E-state index is -0.146. The van der Waals surface area contributed by atoms with Gasteiger partial charge in [0.1, 0.15) is 0 Å². The summed E-state index contributed by atoms with van der Waals surface area (Å²) >= 11 is 0. The molecule has 4 heteroatoms. The smallest absolute Gasteiger partial charge is 0.0794 e. The summed E-state index contributed by atoms with van der Waals surface area (Å²) < 4.78 is 5.50. The number of nitrogens with zero attached hydrogens (tertiary/aromatic N) is 2. The van der Waals surface area contributed by atoms with E-state index in [2.05, 4.69) is 24.0 Å². The average Bonchev–Trinajstić information content (AvgIpc) is 2.90. The molecule has 0 bridgehead atoms. The van der Waals surface area contributed by atoms with E-state index < -0.39 is 0 Å². The Bertz CT molecular complexity index is 438. The van der Waals surface area contributed by atoms with Gasteiger partial charge in [0.05, 0.1) is 18.4 Å². The van der Waals surface area contributed by atoms with Crippen molar-refractivity contribution in [1.29, 1.82) is 0 Å². The van der Waals surface area contributed by atoms with E-state index in [0.29, 0.717) is 5.92 Å². The van der Waals surface area contributed by atoms with E-state index in [1.807, 2.05) is 0 Å². The van der Waals surface area contributed by atoms with Crippen LogP contribution in [0.15, 0.2) is 12.1 Å². The Hall–Kier alpha value is -0.970. The third-order valence-corrected chi connectivity index (χ3v) is 4.11. The summed E-state index contributed by atoms with van der Waals surface area (Å²) in [5, 5.41) is 9.40. The van der Waals surface area contributed by atoms with E-state index in [0.717, 1.165) is 51.4 Å². The molecule has 1 atom stereocenters. The van der Waals surface area contributed by atoms with Crippen LogP contribution in [0.3, 0.4) is 0 Å². The molecule has 2 aliphatic rings. The lowest BCUT2D eigenvalue weighted by Gasteiger charge is -2.36. The highest BCUT2D eigenvalue weighted by molar-refractivity contribution is 5.28. The van der Waals surface area contributed by atoms with E-state index in [4.69, 9.17) is 9.72 Å². The standard InChI is InChI=1S/C15H22N2O2/c1-2-12-3-4-14(11-5-6-19-10-11)15(16-12)9-17-7-13(18)8-17/h3-4,11,13,18H,2,5-10H2,1H3/t11-/m1/s1. The second kappa shape index (κ2) is 5.57. The molecule has 0 radical (unpaired) electrons. The number of ether oxygens (including phenoxy) is 1. The molecule has 1 N–H and O–H groups in total. The zero-order chi connectivity index (χ0) is 13.2. The highest BCUT2D eigenvalue weighted by Gasteiger charge is 2.27. The van der Waals surface area contributed by atoms with Crippen LogP contribution in [0.25, 0.3) is 0 Å². The van der Waals surface area contributed by atoms with Gasteiger partial charge in [-0.25, -0.2) is 0 Å². The average molecular weight is 262 g/mol. The first-order valence-corrected chi connectivity index (χ1v) is 7.23. The largest absolute Gasteiger partial charge is 0.390 e. The quantitative estimate of drug-likeness (QED) is 0.889. The van der Waals surface area contributed by atoms with E-state index in [-0.39, 0.29) is 6.10 Å².